The number of carbonyl (C=O) groups is 4. The van der Waals surface area contributed by atoms with Crippen LogP contribution < -0.4 is 0 Å². The molecule has 0 saturated carbocycles. The van der Waals surface area contributed by atoms with Gasteiger partial charge in [-0.3, -0.25) is 39.1 Å². The Morgan fingerprint density at radius 3 is 0.985 bits per heavy atom. The molecule has 4 radical (unpaired) electrons. The van der Waals surface area contributed by atoms with Crippen LogP contribution in [-0.4, -0.2) is 75.9 Å². The van der Waals surface area contributed by atoms with Crippen molar-refractivity contribution >= 4 is 90.5 Å². The van der Waals surface area contributed by atoms with E-state index in [-0.39, 0.29) is 148 Å². The summed E-state index contributed by atoms with van der Waals surface area (Å²) >= 11 is 0. The minimum atomic E-state index is -0.125. The third-order valence-corrected chi connectivity index (χ3v) is 18.7. The number of ketones is 4. The normalized spacial score (nSPS) is 10.7. The summed E-state index contributed by atoms with van der Waals surface area (Å²) in [6, 6.07) is 96.5. The minimum Gasteiger partial charge on any atom is -0.512 e. The number of rotatable bonds is 12. The van der Waals surface area contributed by atoms with Gasteiger partial charge in [-0.25, -0.2) is 0 Å². The van der Waals surface area contributed by atoms with Crippen LogP contribution in [0, 0.1) is 140 Å². The van der Waals surface area contributed by atoms with Crippen LogP contribution in [-0.2, 0) is 121 Å². The van der Waals surface area contributed by atoms with Crippen LogP contribution in [0.25, 0.3) is 88.6 Å². The molecule has 0 unspecified atom stereocenters. The van der Waals surface area contributed by atoms with E-state index in [2.05, 4.69) is 302 Å². The summed E-state index contributed by atoms with van der Waals surface area (Å²) < 4.78 is 0. The number of aliphatic hydroxyl groups excluding tert-OH is 4. The number of pyridine rings is 4. The second-order valence-electron chi connectivity index (χ2n) is 32.2. The number of fused-ring (bicyclic) bond motifs is 4. The first kappa shape index (κ1) is 119. The minimum absolute atomic E-state index is 0. The predicted octanol–water partition coefficient (Wildman–Crippen LogP) is 28.4. The maximum Gasteiger partial charge on any atom is 2.00 e. The summed E-state index contributed by atoms with van der Waals surface area (Å²) in [7, 11) is 0. The number of allylic oxidation sites excluding steroid dienone is 8. The van der Waals surface area contributed by atoms with Gasteiger partial charge in [0.25, 0.3) is 0 Å². The molecule has 15 aromatic rings. The Bertz CT molecular complexity index is 6410. The molecule has 19 heteroatoms. The number of aliphatic hydroxyl groups is 4. The summed E-state index contributed by atoms with van der Waals surface area (Å²) in [6.07, 6.45) is 8.26. The zero-order valence-electron chi connectivity index (χ0n) is 80.1. The van der Waals surface area contributed by atoms with Gasteiger partial charge in [-0.1, -0.05) is 146 Å². The fourth-order valence-corrected chi connectivity index (χ4v) is 13.9. The molecule has 0 aliphatic rings. The second kappa shape index (κ2) is 59.3. The third-order valence-electron chi connectivity index (χ3n) is 18.7. The van der Waals surface area contributed by atoms with E-state index < -0.39 is 0 Å². The number of hydrogen-bond acceptors (Lipinski definition) is 14. The Morgan fingerprint density at radius 1 is 0.291 bits per heavy atom. The van der Waals surface area contributed by atoms with Crippen LogP contribution in [0.4, 0.5) is 11.4 Å². The fourth-order valence-electron chi connectivity index (χ4n) is 13.9. The molecular formula is C115H116Ir4N6O8Pt-4. The van der Waals surface area contributed by atoms with Crippen molar-refractivity contribution in [1.29, 1.82) is 0 Å². The summed E-state index contributed by atoms with van der Waals surface area (Å²) in [5, 5.41) is 38.3. The van der Waals surface area contributed by atoms with Crippen molar-refractivity contribution in [2.75, 3.05) is 0 Å². The molecule has 0 atom stereocenters. The number of aliphatic imine (C=N–C) groups is 2. The van der Waals surface area contributed by atoms with Crippen LogP contribution in [0.15, 0.2) is 282 Å². The number of aryl methyl sites for hydroxylation is 15. The molecule has 0 aliphatic carbocycles. The first-order chi connectivity index (χ1) is 61.1. The Morgan fingerprint density at radius 2 is 0.604 bits per heavy atom. The van der Waals surface area contributed by atoms with Crippen molar-refractivity contribution in [3.8, 4) is 45.0 Å². The van der Waals surface area contributed by atoms with Gasteiger partial charge in [0, 0.05) is 115 Å². The fraction of sp³-hybridized carbons (Fsp3) is 0.200. The zero-order valence-corrected chi connectivity index (χ0v) is 91.9. The van der Waals surface area contributed by atoms with E-state index in [1.54, 1.807) is 12.4 Å². The third kappa shape index (κ3) is 42.0. The Labute approximate surface area is 860 Å². The molecule has 704 valence electrons. The first-order valence-corrected chi connectivity index (χ1v) is 42.3. The molecule has 14 nitrogen and oxygen atoms in total. The largest absolute Gasteiger partial charge is 2.00 e. The molecule has 15 rings (SSSR count). The van der Waals surface area contributed by atoms with Gasteiger partial charge in [0.05, 0.1) is 56.5 Å². The standard InChI is InChI=1S/C20H14N2.C20H20N.C19H18N.2C18H16N.4C5H8O2.4Ir.Pt/c1-3-9-17(10-4-1)15-21-19-13-7-8-14-20(19)22-16-18-11-5-2-6-12-18;1-12-6-13(2)9-17(8-12)18-11-16(5)20-15(4)7-14(3)10-19(20)21-18;1-12-7-13(2)10-16(9-12)18-6-5-17-15(4)8-14(3)11-19(17)20-18;1-12-4-6-17-15(9-12)5-7-18(19-17)16-10-13(2)8-14(3)11-16;1-12-4-5-15-6-7-17(19-18(15)11-12)16-9-13(2)8-14(3)10-16;4*1-4(6)3-5(2)7;;;;;/h1-9,11,13-16H;6-8,10-11H,1-5H3;5-9,11H,1-4H3;4-10H,1-3H3;4-9,11H,1-3H3;4*3,6H,1-2H3;;;;;/q-2;4*-1;;;;;;;;;+2. The van der Waals surface area contributed by atoms with E-state index in [0.717, 1.165) is 112 Å². The number of para-hydroxylation sites is 2. The van der Waals surface area contributed by atoms with Crippen molar-refractivity contribution in [3.63, 3.8) is 0 Å². The number of hydrogen-bond donors (Lipinski definition) is 4. The van der Waals surface area contributed by atoms with Crippen LogP contribution >= 0.6 is 0 Å². The molecule has 4 N–H and O–H groups in total. The zero-order chi connectivity index (χ0) is 94.7. The summed E-state index contributed by atoms with van der Waals surface area (Å²) in [6.45, 7) is 43.0. The van der Waals surface area contributed by atoms with Crippen molar-refractivity contribution in [2.24, 2.45) is 9.98 Å². The van der Waals surface area contributed by atoms with E-state index in [1.807, 2.05) is 72.8 Å². The Kier molecular flexibility index (Phi) is 52.5. The van der Waals surface area contributed by atoms with Gasteiger partial charge in [0.1, 0.15) is 0 Å². The van der Waals surface area contributed by atoms with Gasteiger partial charge in [-0.15, -0.1) is 211 Å². The van der Waals surface area contributed by atoms with Crippen LogP contribution in [0.3, 0.4) is 0 Å². The molecule has 4 aromatic heterocycles. The molecule has 11 aromatic carbocycles. The molecule has 0 saturated heterocycles. The topological polar surface area (TPSA) is 225 Å². The molecule has 0 aliphatic heterocycles. The maximum absolute atomic E-state index is 10.0. The van der Waals surface area contributed by atoms with Crippen LogP contribution in [0.2, 0.25) is 0 Å². The SMILES string of the molecule is CC(=O)C=C(C)O.CC(=O)C=C(C)O.CC(=O)C=C(C)O.CC(=O)C=C(C)O.Cc1[c-]c(-c2cc(C)c3c(C)cc(C)cc3n2)cc(C)c1.Cc1[c-]c(-c2ccc3c(C)cc(C)cc3n2)cc(C)c1.Cc1[c-]c(-c2ccc3cc(C)ccc3n2)cc(C)c1.Cc1[c-]c(-c2ccc3ccc(C)cc3n2)cc(C)c1.[Ir].[Ir].[Ir].[Ir].[Pt+2].[c-]1ccccc1C=Nc1ccccc1N=Cc1[c-]cccc1. The maximum atomic E-state index is 10.0. The molecule has 4 heterocycles. The average molecular weight is 2670 g/mol. The van der Waals surface area contributed by atoms with Gasteiger partial charge < -0.3 is 30.4 Å². The monoisotopic (exact) mass is 2680 g/mol. The molecule has 0 bridgehead atoms. The van der Waals surface area contributed by atoms with Crippen molar-refractivity contribution in [3.05, 3.63) is 403 Å². The molecular weight excluding hydrogens is 2560 g/mol. The number of nitrogens with zero attached hydrogens (tertiary/aromatic N) is 6. The molecule has 0 fully saturated rings. The Balaban J connectivity index is 0.000000524. The smallest absolute Gasteiger partial charge is 0.512 e. The van der Waals surface area contributed by atoms with Gasteiger partial charge >= 0.3 is 21.1 Å². The van der Waals surface area contributed by atoms with Gasteiger partial charge in [0.2, 0.25) is 0 Å². The molecule has 134 heavy (non-hydrogen) atoms. The van der Waals surface area contributed by atoms with E-state index in [4.69, 9.17) is 40.4 Å². The van der Waals surface area contributed by atoms with Crippen LogP contribution in [0.1, 0.15) is 150 Å². The van der Waals surface area contributed by atoms with Gasteiger partial charge in [-0.2, -0.15) is 0 Å². The number of carbonyl (C=O) groups excluding carboxylic acids is 4. The van der Waals surface area contributed by atoms with E-state index in [9.17, 15) is 19.2 Å². The van der Waals surface area contributed by atoms with E-state index >= 15 is 0 Å². The number of aromatic nitrogens is 4. The quantitative estimate of drug-likeness (QED) is 0.0388. The van der Waals surface area contributed by atoms with E-state index in [0.29, 0.717) is 0 Å². The summed E-state index contributed by atoms with van der Waals surface area (Å²) in [5.74, 6) is -0.250. The van der Waals surface area contributed by atoms with Crippen molar-refractivity contribution in [1.82, 2.24) is 19.9 Å². The second-order valence-corrected chi connectivity index (χ2v) is 32.2. The Hall–Kier alpha value is -11.5. The van der Waals surface area contributed by atoms with Crippen molar-refractivity contribution < 1.29 is 141 Å². The number of benzene rings is 11. The molecule has 0 amide bonds. The molecule has 0 spiro atoms. The first-order valence-electron chi connectivity index (χ1n) is 42.3. The average Bonchev–Trinajstić information content (AvgIpc) is 0.781. The van der Waals surface area contributed by atoms with Crippen LogP contribution in [0.5, 0.6) is 0 Å². The predicted molar refractivity (Wildman–Crippen MR) is 535 cm³/mol. The van der Waals surface area contributed by atoms with E-state index in [1.165, 1.54) is 162 Å². The van der Waals surface area contributed by atoms with Gasteiger partial charge in [-0.05, 0) is 226 Å². The van der Waals surface area contributed by atoms with Crippen molar-refractivity contribution in [2.45, 2.75) is 159 Å². The summed E-state index contributed by atoms with van der Waals surface area (Å²) in [4.78, 5) is 68.3. The summed E-state index contributed by atoms with van der Waals surface area (Å²) in [5.41, 5.74) is 34.5. The van der Waals surface area contributed by atoms with Gasteiger partial charge in [0.15, 0.2) is 23.1 Å².